The molecule has 0 aromatic carbocycles. The number of rotatable bonds is 10. The molecule has 3 unspecified atom stereocenters. The van der Waals surface area contributed by atoms with Gasteiger partial charge >= 0.3 is 0 Å². The molecule has 0 radical (unpaired) electrons. The van der Waals surface area contributed by atoms with Crippen molar-refractivity contribution in [3.8, 4) is 0 Å². The van der Waals surface area contributed by atoms with Crippen LogP contribution in [0.5, 0.6) is 0 Å². The van der Waals surface area contributed by atoms with Crippen molar-refractivity contribution in [2.75, 3.05) is 19.7 Å². The predicted molar refractivity (Wildman–Crippen MR) is 86.9 cm³/mol. The number of nitrogens with two attached hydrogens (primary N) is 1. The fourth-order valence-corrected chi connectivity index (χ4v) is 3.25. The quantitative estimate of drug-likeness (QED) is 0.647. The summed E-state index contributed by atoms with van der Waals surface area (Å²) in [7, 11) is 0. The van der Waals surface area contributed by atoms with Gasteiger partial charge in [0, 0.05) is 24.1 Å². The van der Waals surface area contributed by atoms with Crippen LogP contribution in [0.3, 0.4) is 0 Å². The molecule has 0 amide bonds. The van der Waals surface area contributed by atoms with E-state index in [4.69, 9.17) is 10.5 Å². The average molecular weight is 284 g/mol. The molecule has 0 aromatic rings. The smallest absolute Gasteiger partial charge is 0.0662 e. The van der Waals surface area contributed by atoms with Crippen LogP contribution in [-0.4, -0.2) is 31.3 Å². The highest BCUT2D eigenvalue weighted by molar-refractivity contribution is 5.14. The maximum absolute atomic E-state index is 6.59. The van der Waals surface area contributed by atoms with Crippen molar-refractivity contribution in [3.63, 3.8) is 0 Å². The van der Waals surface area contributed by atoms with E-state index in [0.717, 1.165) is 32.0 Å². The van der Waals surface area contributed by atoms with Crippen molar-refractivity contribution in [1.82, 2.24) is 5.32 Å². The fraction of sp³-hybridized carbons (Fsp3) is 1.00. The average Bonchev–Trinajstić information content (AvgIpc) is 2.42. The second-order valence-electron chi connectivity index (χ2n) is 7.07. The summed E-state index contributed by atoms with van der Waals surface area (Å²) in [6.07, 6.45) is 6.53. The number of hydrogen-bond acceptors (Lipinski definition) is 3. The van der Waals surface area contributed by atoms with Gasteiger partial charge < -0.3 is 15.8 Å². The second kappa shape index (κ2) is 7.77. The Morgan fingerprint density at radius 1 is 1.30 bits per heavy atom. The van der Waals surface area contributed by atoms with Gasteiger partial charge in [-0.1, -0.05) is 47.0 Å². The summed E-state index contributed by atoms with van der Waals surface area (Å²) in [5.74, 6) is 0.796. The first kappa shape index (κ1) is 17.9. The van der Waals surface area contributed by atoms with Crippen molar-refractivity contribution >= 4 is 0 Å². The van der Waals surface area contributed by atoms with E-state index in [2.05, 4.69) is 39.9 Å². The largest absolute Gasteiger partial charge is 0.378 e. The summed E-state index contributed by atoms with van der Waals surface area (Å²) in [5.41, 5.74) is 6.54. The summed E-state index contributed by atoms with van der Waals surface area (Å²) in [5, 5.41) is 3.63. The zero-order valence-electron chi connectivity index (χ0n) is 14.3. The van der Waals surface area contributed by atoms with Gasteiger partial charge in [0.05, 0.1) is 6.10 Å². The molecule has 0 bridgehead atoms. The Bertz CT molecular complexity index is 280. The lowest BCUT2D eigenvalue weighted by Gasteiger charge is -2.59. The molecule has 0 aliphatic heterocycles. The molecule has 0 spiro atoms. The Morgan fingerprint density at radius 2 is 2.00 bits per heavy atom. The molecule has 3 nitrogen and oxygen atoms in total. The summed E-state index contributed by atoms with van der Waals surface area (Å²) in [4.78, 5) is 0. The molecule has 20 heavy (non-hydrogen) atoms. The van der Waals surface area contributed by atoms with Crippen LogP contribution in [0.1, 0.15) is 66.7 Å². The highest BCUT2D eigenvalue weighted by Crippen LogP contribution is 2.49. The Kier molecular flexibility index (Phi) is 6.96. The van der Waals surface area contributed by atoms with Gasteiger partial charge in [0.25, 0.3) is 0 Å². The lowest BCUT2D eigenvalue weighted by Crippen LogP contribution is -2.73. The number of hydrogen-bond donors (Lipinski definition) is 2. The van der Waals surface area contributed by atoms with Crippen molar-refractivity contribution < 1.29 is 4.74 Å². The molecule has 3 heteroatoms. The third-order valence-electron chi connectivity index (χ3n) is 5.42. The topological polar surface area (TPSA) is 47.3 Å². The summed E-state index contributed by atoms with van der Waals surface area (Å²) in [6.45, 7) is 13.9. The number of nitrogens with one attached hydrogen (secondary N) is 1. The van der Waals surface area contributed by atoms with Gasteiger partial charge in [0.1, 0.15) is 0 Å². The van der Waals surface area contributed by atoms with E-state index in [1.54, 1.807) is 0 Å². The van der Waals surface area contributed by atoms with E-state index in [-0.39, 0.29) is 11.0 Å². The number of ether oxygens (including phenoxy) is 1. The normalized spacial score (nSPS) is 30.0. The summed E-state index contributed by atoms with van der Waals surface area (Å²) >= 11 is 0. The maximum atomic E-state index is 6.59. The van der Waals surface area contributed by atoms with Crippen LogP contribution in [0.25, 0.3) is 0 Å². The van der Waals surface area contributed by atoms with E-state index >= 15 is 0 Å². The third-order valence-corrected chi connectivity index (χ3v) is 5.42. The zero-order valence-corrected chi connectivity index (χ0v) is 14.3. The number of unbranched alkanes of at least 4 members (excludes halogenated alkanes) is 1. The molecular weight excluding hydrogens is 248 g/mol. The van der Waals surface area contributed by atoms with Gasteiger partial charge in [-0.05, 0) is 32.2 Å². The van der Waals surface area contributed by atoms with E-state index in [9.17, 15) is 0 Å². The molecule has 0 aromatic heterocycles. The van der Waals surface area contributed by atoms with Crippen LogP contribution in [0, 0.1) is 11.3 Å². The van der Waals surface area contributed by atoms with Gasteiger partial charge in [-0.2, -0.15) is 0 Å². The van der Waals surface area contributed by atoms with Crippen molar-refractivity contribution in [1.29, 1.82) is 0 Å². The fourth-order valence-electron chi connectivity index (χ4n) is 3.25. The summed E-state index contributed by atoms with van der Waals surface area (Å²) in [6, 6.07) is 0. The van der Waals surface area contributed by atoms with Crippen LogP contribution < -0.4 is 11.1 Å². The zero-order chi connectivity index (χ0) is 15.2. The molecule has 120 valence electrons. The second-order valence-corrected chi connectivity index (χ2v) is 7.07. The minimum Gasteiger partial charge on any atom is -0.378 e. The Morgan fingerprint density at radius 3 is 2.50 bits per heavy atom. The third kappa shape index (κ3) is 3.96. The van der Waals surface area contributed by atoms with Gasteiger partial charge in [0.2, 0.25) is 0 Å². The van der Waals surface area contributed by atoms with E-state index in [1.165, 1.54) is 25.7 Å². The van der Waals surface area contributed by atoms with Crippen molar-refractivity contribution in [2.24, 2.45) is 17.1 Å². The first-order valence-electron chi connectivity index (χ1n) is 8.52. The minimum atomic E-state index is -0.115. The minimum absolute atomic E-state index is 0.0706. The van der Waals surface area contributed by atoms with Crippen molar-refractivity contribution in [3.05, 3.63) is 0 Å². The molecule has 3 atom stereocenters. The van der Waals surface area contributed by atoms with Crippen LogP contribution in [0.15, 0.2) is 0 Å². The van der Waals surface area contributed by atoms with Crippen LogP contribution in [0.2, 0.25) is 0 Å². The molecule has 3 N–H and O–H groups in total. The van der Waals surface area contributed by atoms with Crippen LogP contribution in [-0.2, 0) is 4.74 Å². The van der Waals surface area contributed by atoms with E-state index in [0.29, 0.717) is 6.10 Å². The van der Waals surface area contributed by atoms with Gasteiger partial charge in [-0.25, -0.2) is 0 Å². The molecular formula is C17H36N2O. The summed E-state index contributed by atoms with van der Waals surface area (Å²) < 4.78 is 5.78. The lowest BCUT2D eigenvalue weighted by molar-refractivity contribution is -0.148. The van der Waals surface area contributed by atoms with Gasteiger partial charge in [-0.3, -0.25) is 0 Å². The van der Waals surface area contributed by atoms with Gasteiger partial charge in [0.15, 0.2) is 0 Å². The first-order valence-corrected chi connectivity index (χ1v) is 8.52. The molecule has 1 aliphatic carbocycles. The Balaban J connectivity index is 2.34. The van der Waals surface area contributed by atoms with E-state index in [1.807, 2.05) is 0 Å². The monoisotopic (exact) mass is 284 g/mol. The predicted octanol–water partition coefficient (Wildman–Crippen LogP) is 3.32. The molecule has 0 saturated heterocycles. The van der Waals surface area contributed by atoms with Crippen molar-refractivity contribution in [2.45, 2.75) is 78.4 Å². The molecule has 1 saturated carbocycles. The maximum Gasteiger partial charge on any atom is 0.0662 e. The Hall–Kier alpha value is -0.120. The lowest BCUT2D eigenvalue weighted by atomic mass is 9.54. The molecule has 1 fully saturated rings. The molecule has 0 heterocycles. The van der Waals surface area contributed by atoms with Crippen LogP contribution >= 0.6 is 0 Å². The van der Waals surface area contributed by atoms with Gasteiger partial charge in [-0.15, -0.1) is 0 Å². The highest BCUT2D eigenvalue weighted by Gasteiger charge is 2.58. The highest BCUT2D eigenvalue weighted by atomic mass is 16.5. The Labute approximate surface area is 126 Å². The van der Waals surface area contributed by atoms with E-state index < -0.39 is 0 Å². The first-order chi connectivity index (χ1) is 9.41. The molecule has 1 rings (SSSR count). The van der Waals surface area contributed by atoms with Crippen LogP contribution in [0.4, 0.5) is 0 Å². The standard InChI is InChI=1S/C17H36N2O/c1-6-9-10-14(7-2)12-19-13-17(18)11-15(20-8-3)16(17,4)5/h14-15,19H,6-13,18H2,1-5H3. The SMILES string of the molecule is CCCCC(CC)CNCC1(N)CC(OCC)C1(C)C. The molecule has 1 aliphatic rings.